The standard InChI is InChI=1S/C15H22N2O2/c1-3-16-8-9-17-7-6-12-4-5-13-14(11(12)2)10-19-15(13)18/h4-5,16-17H,3,6-10H2,1-2H3. The number of esters is 1. The summed E-state index contributed by atoms with van der Waals surface area (Å²) >= 11 is 0. The molecular weight excluding hydrogens is 240 g/mol. The lowest BCUT2D eigenvalue weighted by molar-refractivity contribution is 0.0535. The van der Waals surface area contributed by atoms with Gasteiger partial charge in [0.05, 0.1) is 5.56 Å². The van der Waals surface area contributed by atoms with E-state index < -0.39 is 0 Å². The summed E-state index contributed by atoms with van der Waals surface area (Å²) in [6.45, 7) is 8.58. The van der Waals surface area contributed by atoms with Crippen LogP contribution in [-0.2, 0) is 17.8 Å². The maximum atomic E-state index is 11.4. The number of hydrogen-bond acceptors (Lipinski definition) is 4. The van der Waals surface area contributed by atoms with Gasteiger partial charge in [-0.2, -0.15) is 0 Å². The van der Waals surface area contributed by atoms with Gasteiger partial charge in [0.25, 0.3) is 0 Å². The maximum Gasteiger partial charge on any atom is 0.338 e. The molecule has 1 aliphatic heterocycles. The maximum absolute atomic E-state index is 11.4. The molecule has 2 rings (SSSR count). The van der Waals surface area contributed by atoms with Crippen molar-refractivity contribution in [1.82, 2.24) is 10.6 Å². The molecule has 1 heterocycles. The third-order valence-corrected chi connectivity index (χ3v) is 3.58. The van der Waals surface area contributed by atoms with E-state index in [1.54, 1.807) is 0 Å². The summed E-state index contributed by atoms with van der Waals surface area (Å²) in [4.78, 5) is 11.4. The molecule has 0 radical (unpaired) electrons. The largest absolute Gasteiger partial charge is 0.457 e. The van der Waals surface area contributed by atoms with Gasteiger partial charge < -0.3 is 15.4 Å². The Balaban J connectivity index is 1.86. The van der Waals surface area contributed by atoms with Crippen LogP contribution >= 0.6 is 0 Å². The molecule has 0 unspecified atom stereocenters. The second-order valence-corrected chi connectivity index (χ2v) is 4.81. The normalized spacial score (nSPS) is 13.5. The van der Waals surface area contributed by atoms with Crippen molar-refractivity contribution in [3.05, 3.63) is 34.4 Å². The first kappa shape index (κ1) is 14.0. The summed E-state index contributed by atoms with van der Waals surface area (Å²) in [5.74, 6) is -0.187. The van der Waals surface area contributed by atoms with Crippen LogP contribution in [0.3, 0.4) is 0 Å². The third kappa shape index (κ3) is 3.33. The smallest absolute Gasteiger partial charge is 0.338 e. The van der Waals surface area contributed by atoms with Crippen molar-refractivity contribution in [2.24, 2.45) is 0 Å². The second-order valence-electron chi connectivity index (χ2n) is 4.81. The molecule has 0 bridgehead atoms. The lowest BCUT2D eigenvalue weighted by atomic mass is 9.97. The van der Waals surface area contributed by atoms with Crippen LogP contribution < -0.4 is 10.6 Å². The van der Waals surface area contributed by atoms with Crippen molar-refractivity contribution in [3.8, 4) is 0 Å². The Morgan fingerprint density at radius 3 is 2.79 bits per heavy atom. The van der Waals surface area contributed by atoms with Gasteiger partial charge in [0, 0.05) is 18.7 Å². The van der Waals surface area contributed by atoms with E-state index in [9.17, 15) is 4.79 Å². The quantitative estimate of drug-likeness (QED) is 0.576. The fourth-order valence-electron chi connectivity index (χ4n) is 2.37. The highest BCUT2D eigenvalue weighted by Gasteiger charge is 2.23. The minimum atomic E-state index is -0.187. The predicted molar refractivity (Wildman–Crippen MR) is 75.4 cm³/mol. The van der Waals surface area contributed by atoms with Crippen LogP contribution in [0.5, 0.6) is 0 Å². The van der Waals surface area contributed by atoms with Gasteiger partial charge in [-0.15, -0.1) is 0 Å². The van der Waals surface area contributed by atoms with E-state index >= 15 is 0 Å². The highest BCUT2D eigenvalue weighted by atomic mass is 16.5. The number of nitrogens with one attached hydrogen (secondary N) is 2. The summed E-state index contributed by atoms with van der Waals surface area (Å²) in [6, 6.07) is 3.94. The Hall–Kier alpha value is -1.39. The van der Waals surface area contributed by atoms with Gasteiger partial charge in [0.1, 0.15) is 6.61 Å². The van der Waals surface area contributed by atoms with Crippen molar-refractivity contribution in [2.75, 3.05) is 26.2 Å². The van der Waals surface area contributed by atoms with Gasteiger partial charge in [0.2, 0.25) is 0 Å². The molecule has 0 aliphatic carbocycles. The number of carbonyl (C=O) groups is 1. The average molecular weight is 262 g/mol. The average Bonchev–Trinajstić information content (AvgIpc) is 2.78. The number of rotatable bonds is 7. The third-order valence-electron chi connectivity index (χ3n) is 3.58. The monoisotopic (exact) mass is 262 g/mol. The highest BCUT2D eigenvalue weighted by Crippen LogP contribution is 2.25. The van der Waals surface area contributed by atoms with E-state index in [0.717, 1.165) is 43.7 Å². The molecular formula is C15H22N2O2. The van der Waals surface area contributed by atoms with Crippen molar-refractivity contribution < 1.29 is 9.53 Å². The van der Waals surface area contributed by atoms with Crippen LogP contribution in [0.2, 0.25) is 0 Å². The molecule has 19 heavy (non-hydrogen) atoms. The number of likely N-dealkylation sites (N-methyl/N-ethyl adjacent to an activating group) is 1. The van der Waals surface area contributed by atoms with Gasteiger partial charge >= 0.3 is 5.97 Å². The number of hydrogen-bond donors (Lipinski definition) is 2. The van der Waals surface area contributed by atoms with Crippen LogP contribution in [0.25, 0.3) is 0 Å². The number of cyclic esters (lactones) is 1. The first-order valence-corrected chi connectivity index (χ1v) is 6.94. The summed E-state index contributed by atoms with van der Waals surface area (Å²) in [5, 5.41) is 6.69. The predicted octanol–water partition coefficient (Wildman–Crippen LogP) is 1.41. The zero-order valence-corrected chi connectivity index (χ0v) is 11.7. The van der Waals surface area contributed by atoms with Gasteiger partial charge in [0.15, 0.2) is 0 Å². The van der Waals surface area contributed by atoms with Gasteiger partial charge in [-0.25, -0.2) is 4.79 Å². The van der Waals surface area contributed by atoms with E-state index in [-0.39, 0.29) is 5.97 Å². The molecule has 2 N–H and O–H groups in total. The fourth-order valence-corrected chi connectivity index (χ4v) is 2.37. The Morgan fingerprint density at radius 1 is 1.21 bits per heavy atom. The molecule has 0 atom stereocenters. The van der Waals surface area contributed by atoms with Gasteiger partial charge in [-0.05, 0) is 43.6 Å². The Kier molecular flexibility index (Phi) is 4.93. The first-order chi connectivity index (χ1) is 9.24. The molecule has 0 saturated carbocycles. The van der Waals surface area contributed by atoms with Crippen molar-refractivity contribution in [2.45, 2.75) is 26.9 Å². The Bertz CT molecular complexity index is 458. The zero-order valence-electron chi connectivity index (χ0n) is 11.7. The van der Waals surface area contributed by atoms with E-state index in [1.807, 2.05) is 12.1 Å². The molecule has 0 spiro atoms. The van der Waals surface area contributed by atoms with Crippen molar-refractivity contribution in [3.63, 3.8) is 0 Å². The fraction of sp³-hybridized carbons (Fsp3) is 0.533. The summed E-state index contributed by atoms with van der Waals surface area (Å²) in [6.07, 6.45) is 0.986. The SMILES string of the molecule is CCNCCNCCc1ccc2c(c1C)COC2=O. The lowest BCUT2D eigenvalue weighted by Crippen LogP contribution is -2.28. The topological polar surface area (TPSA) is 50.4 Å². The lowest BCUT2D eigenvalue weighted by Gasteiger charge is -2.10. The molecule has 4 heteroatoms. The van der Waals surface area contributed by atoms with Crippen LogP contribution in [0.4, 0.5) is 0 Å². The minimum absolute atomic E-state index is 0.187. The molecule has 1 aromatic carbocycles. The van der Waals surface area contributed by atoms with Crippen LogP contribution in [0, 0.1) is 6.92 Å². The minimum Gasteiger partial charge on any atom is -0.457 e. The number of fused-ring (bicyclic) bond motifs is 1. The van der Waals surface area contributed by atoms with Gasteiger partial charge in [-0.3, -0.25) is 0 Å². The number of carbonyl (C=O) groups excluding carboxylic acids is 1. The second kappa shape index (κ2) is 6.68. The number of ether oxygens (including phenoxy) is 1. The van der Waals surface area contributed by atoms with E-state index in [2.05, 4.69) is 24.5 Å². The highest BCUT2D eigenvalue weighted by molar-refractivity contribution is 5.93. The number of benzene rings is 1. The van der Waals surface area contributed by atoms with Crippen LogP contribution in [-0.4, -0.2) is 32.1 Å². The molecule has 0 saturated heterocycles. The van der Waals surface area contributed by atoms with E-state index in [1.165, 1.54) is 11.1 Å². The Morgan fingerprint density at radius 2 is 2.00 bits per heavy atom. The Labute approximate surface area is 114 Å². The van der Waals surface area contributed by atoms with Crippen LogP contribution in [0.15, 0.2) is 12.1 Å². The molecule has 104 valence electrons. The molecule has 1 aromatic rings. The van der Waals surface area contributed by atoms with E-state index in [4.69, 9.17) is 4.74 Å². The van der Waals surface area contributed by atoms with Crippen molar-refractivity contribution >= 4 is 5.97 Å². The van der Waals surface area contributed by atoms with Crippen molar-refractivity contribution in [1.29, 1.82) is 0 Å². The molecule has 4 nitrogen and oxygen atoms in total. The molecule has 0 amide bonds. The van der Waals surface area contributed by atoms with E-state index in [0.29, 0.717) is 6.61 Å². The van der Waals surface area contributed by atoms with Gasteiger partial charge in [-0.1, -0.05) is 13.0 Å². The molecule has 0 aromatic heterocycles. The molecule has 1 aliphatic rings. The zero-order chi connectivity index (χ0) is 13.7. The van der Waals surface area contributed by atoms with Crippen LogP contribution in [0.1, 0.15) is 34.0 Å². The summed E-state index contributed by atoms with van der Waals surface area (Å²) < 4.78 is 5.07. The summed E-state index contributed by atoms with van der Waals surface area (Å²) in [5.41, 5.74) is 4.31. The first-order valence-electron chi connectivity index (χ1n) is 6.94. The summed E-state index contributed by atoms with van der Waals surface area (Å²) in [7, 11) is 0. The molecule has 0 fully saturated rings.